The molecule has 6 heteroatoms. The third-order valence-corrected chi connectivity index (χ3v) is 3.98. The van der Waals surface area contributed by atoms with Crippen molar-refractivity contribution in [2.24, 2.45) is 0 Å². The summed E-state index contributed by atoms with van der Waals surface area (Å²) >= 11 is 0. The first-order chi connectivity index (χ1) is 10.6. The summed E-state index contributed by atoms with van der Waals surface area (Å²) in [5.41, 5.74) is -1.44. The van der Waals surface area contributed by atoms with Crippen LogP contribution in [0.15, 0.2) is 30.3 Å². The SMILES string of the molecule is CC(C)(O)C1CCCN1C(=O)/C=C/c1cccc(C(F)(F)F)c1. The largest absolute Gasteiger partial charge is 0.416 e. The lowest BCUT2D eigenvalue weighted by atomic mass is 9.96. The van der Waals surface area contributed by atoms with Crippen molar-refractivity contribution in [3.8, 4) is 0 Å². The molecular weight excluding hydrogens is 307 g/mol. The van der Waals surface area contributed by atoms with Gasteiger partial charge in [0.15, 0.2) is 0 Å². The van der Waals surface area contributed by atoms with Crippen LogP contribution in [0.3, 0.4) is 0 Å². The second-order valence-electron chi connectivity index (χ2n) is 6.30. The summed E-state index contributed by atoms with van der Waals surface area (Å²) in [6.07, 6.45) is -0.254. The summed E-state index contributed by atoms with van der Waals surface area (Å²) in [6, 6.07) is 4.53. The van der Waals surface area contributed by atoms with Gasteiger partial charge in [-0.25, -0.2) is 0 Å². The van der Waals surface area contributed by atoms with E-state index in [1.54, 1.807) is 18.7 Å². The van der Waals surface area contributed by atoms with Crippen LogP contribution < -0.4 is 0 Å². The molecule has 1 atom stereocenters. The first-order valence-corrected chi connectivity index (χ1v) is 7.47. The molecular formula is C17H20F3NO2. The lowest BCUT2D eigenvalue weighted by Crippen LogP contribution is -2.47. The van der Waals surface area contributed by atoms with E-state index in [9.17, 15) is 23.1 Å². The van der Waals surface area contributed by atoms with Crippen molar-refractivity contribution in [1.29, 1.82) is 0 Å². The van der Waals surface area contributed by atoms with Crippen LogP contribution in [0, 0.1) is 0 Å². The Labute approximate surface area is 133 Å². The number of likely N-dealkylation sites (tertiary alicyclic amines) is 1. The molecule has 0 saturated carbocycles. The molecule has 0 bridgehead atoms. The molecule has 0 spiro atoms. The second kappa shape index (κ2) is 6.35. The van der Waals surface area contributed by atoms with Crippen LogP contribution in [-0.4, -0.2) is 34.1 Å². The lowest BCUT2D eigenvalue weighted by molar-refractivity contribution is -0.137. The van der Waals surface area contributed by atoms with Crippen molar-refractivity contribution in [1.82, 2.24) is 4.90 Å². The minimum Gasteiger partial charge on any atom is -0.388 e. The Morgan fingerprint density at radius 3 is 2.65 bits per heavy atom. The number of alkyl halides is 3. The van der Waals surface area contributed by atoms with Crippen molar-refractivity contribution >= 4 is 12.0 Å². The van der Waals surface area contributed by atoms with Crippen LogP contribution in [0.25, 0.3) is 6.08 Å². The Morgan fingerprint density at radius 2 is 2.04 bits per heavy atom. The van der Waals surface area contributed by atoms with Gasteiger partial charge >= 0.3 is 6.18 Å². The van der Waals surface area contributed by atoms with Gasteiger partial charge in [-0.1, -0.05) is 12.1 Å². The van der Waals surface area contributed by atoms with E-state index in [2.05, 4.69) is 0 Å². The molecule has 1 amide bonds. The quantitative estimate of drug-likeness (QED) is 0.864. The van der Waals surface area contributed by atoms with Gasteiger partial charge in [-0.15, -0.1) is 0 Å². The van der Waals surface area contributed by atoms with Crippen LogP contribution in [0.2, 0.25) is 0 Å². The third-order valence-electron chi connectivity index (χ3n) is 3.98. The predicted octanol–water partition coefficient (Wildman–Crippen LogP) is 3.48. The number of carbonyl (C=O) groups is 1. The standard InChI is InChI=1S/C17H20F3NO2/c1-16(2,23)14-7-4-10-21(14)15(22)9-8-12-5-3-6-13(11-12)17(18,19)20/h3,5-6,8-9,11,14,23H,4,7,10H2,1-2H3/b9-8+. The molecule has 0 aliphatic carbocycles. The number of benzene rings is 1. The van der Waals surface area contributed by atoms with Crippen molar-refractivity contribution in [2.45, 2.75) is 44.5 Å². The molecule has 2 rings (SSSR count). The Morgan fingerprint density at radius 1 is 1.35 bits per heavy atom. The van der Waals surface area contributed by atoms with Gasteiger partial charge in [0.05, 0.1) is 17.2 Å². The molecule has 1 N–H and O–H groups in total. The Bertz CT molecular complexity index is 603. The molecule has 1 aromatic carbocycles. The van der Waals surface area contributed by atoms with E-state index in [0.717, 1.165) is 18.6 Å². The fraction of sp³-hybridized carbons (Fsp3) is 0.471. The van der Waals surface area contributed by atoms with Gasteiger partial charge < -0.3 is 10.0 Å². The lowest BCUT2D eigenvalue weighted by Gasteiger charge is -2.33. The van der Waals surface area contributed by atoms with Gasteiger partial charge in [0.2, 0.25) is 5.91 Å². The normalized spacial score (nSPS) is 19.6. The van der Waals surface area contributed by atoms with Crippen molar-refractivity contribution in [3.05, 3.63) is 41.5 Å². The number of halogens is 3. The summed E-state index contributed by atoms with van der Waals surface area (Å²) in [5, 5.41) is 10.1. The van der Waals surface area contributed by atoms with E-state index in [1.165, 1.54) is 24.3 Å². The molecule has 0 aromatic heterocycles. The van der Waals surface area contributed by atoms with Gasteiger partial charge in [-0.05, 0) is 50.5 Å². The zero-order valence-corrected chi connectivity index (χ0v) is 13.1. The van der Waals surface area contributed by atoms with Gasteiger partial charge in [-0.3, -0.25) is 4.79 Å². The number of amides is 1. The first kappa shape index (κ1) is 17.5. The molecule has 126 valence electrons. The van der Waals surface area contributed by atoms with Crippen molar-refractivity contribution in [2.75, 3.05) is 6.54 Å². The predicted molar refractivity (Wildman–Crippen MR) is 81.5 cm³/mol. The molecule has 1 fully saturated rings. The summed E-state index contributed by atoms with van der Waals surface area (Å²) in [4.78, 5) is 13.8. The van der Waals surface area contributed by atoms with Crippen molar-refractivity contribution < 1.29 is 23.1 Å². The van der Waals surface area contributed by atoms with E-state index in [4.69, 9.17) is 0 Å². The van der Waals surface area contributed by atoms with Crippen LogP contribution in [0.4, 0.5) is 13.2 Å². The topological polar surface area (TPSA) is 40.5 Å². The third kappa shape index (κ3) is 4.34. The highest BCUT2D eigenvalue weighted by Gasteiger charge is 2.37. The Kier molecular flexibility index (Phi) is 4.84. The molecule has 1 unspecified atom stereocenters. The maximum Gasteiger partial charge on any atom is 0.416 e. The van der Waals surface area contributed by atoms with Crippen LogP contribution in [0.1, 0.15) is 37.8 Å². The minimum atomic E-state index is -4.41. The van der Waals surface area contributed by atoms with E-state index < -0.39 is 17.3 Å². The number of rotatable bonds is 3. The summed E-state index contributed by atoms with van der Waals surface area (Å²) < 4.78 is 38.0. The number of hydrogen-bond acceptors (Lipinski definition) is 2. The fourth-order valence-electron chi connectivity index (χ4n) is 2.85. The summed E-state index contributed by atoms with van der Waals surface area (Å²) in [5.74, 6) is -0.299. The zero-order valence-electron chi connectivity index (χ0n) is 13.1. The first-order valence-electron chi connectivity index (χ1n) is 7.47. The number of carbonyl (C=O) groups excluding carboxylic acids is 1. The average Bonchev–Trinajstić information content (AvgIpc) is 2.94. The average molecular weight is 327 g/mol. The smallest absolute Gasteiger partial charge is 0.388 e. The summed E-state index contributed by atoms with van der Waals surface area (Å²) in [6.45, 7) is 3.85. The molecule has 1 heterocycles. The van der Waals surface area contributed by atoms with Crippen LogP contribution >= 0.6 is 0 Å². The highest BCUT2D eigenvalue weighted by atomic mass is 19.4. The van der Waals surface area contributed by atoms with Crippen LogP contribution in [-0.2, 0) is 11.0 Å². The number of nitrogens with zero attached hydrogens (tertiary/aromatic N) is 1. The minimum absolute atomic E-state index is 0.277. The monoisotopic (exact) mass is 327 g/mol. The van der Waals surface area contributed by atoms with Crippen molar-refractivity contribution in [3.63, 3.8) is 0 Å². The molecule has 1 aromatic rings. The molecule has 23 heavy (non-hydrogen) atoms. The van der Waals surface area contributed by atoms with Gasteiger partial charge in [-0.2, -0.15) is 13.2 Å². The fourth-order valence-corrected chi connectivity index (χ4v) is 2.85. The van der Waals surface area contributed by atoms with E-state index in [-0.39, 0.29) is 11.9 Å². The molecule has 0 radical (unpaired) electrons. The maximum atomic E-state index is 12.7. The van der Waals surface area contributed by atoms with Gasteiger partial charge in [0, 0.05) is 12.6 Å². The molecule has 1 aliphatic heterocycles. The van der Waals surface area contributed by atoms with E-state index in [0.29, 0.717) is 18.5 Å². The number of hydrogen-bond donors (Lipinski definition) is 1. The summed E-state index contributed by atoms with van der Waals surface area (Å²) in [7, 11) is 0. The van der Waals surface area contributed by atoms with Gasteiger partial charge in [0.1, 0.15) is 0 Å². The zero-order chi connectivity index (χ0) is 17.3. The Balaban J connectivity index is 2.13. The van der Waals surface area contributed by atoms with E-state index in [1.807, 2.05) is 0 Å². The Hall–Kier alpha value is -1.82. The highest BCUT2D eigenvalue weighted by molar-refractivity contribution is 5.92. The molecule has 3 nitrogen and oxygen atoms in total. The second-order valence-corrected chi connectivity index (χ2v) is 6.30. The number of aliphatic hydroxyl groups is 1. The van der Waals surface area contributed by atoms with Crippen LogP contribution in [0.5, 0.6) is 0 Å². The molecule has 1 saturated heterocycles. The highest BCUT2D eigenvalue weighted by Crippen LogP contribution is 2.30. The molecule has 1 aliphatic rings. The maximum absolute atomic E-state index is 12.7. The van der Waals surface area contributed by atoms with E-state index >= 15 is 0 Å². The van der Waals surface area contributed by atoms with Gasteiger partial charge in [0.25, 0.3) is 0 Å².